The number of ether oxygens (including phenoxy) is 1. The molecule has 0 atom stereocenters. The molecule has 0 saturated heterocycles. The van der Waals surface area contributed by atoms with Gasteiger partial charge in [-0.1, -0.05) is 0 Å². The van der Waals surface area contributed by atoms with Gasteiger partial charge in [0, 0.05) is 37.1 Å². The molecule has 0 fully saturated rings. The summed E-state index contributed by atoms with van der Waals surface area (Å²) in [5, 5.41) is 13.7. The lowest BCUT2D eigenvalue weighted by Gasteiger charge is -2.08. The second kappa shape index (κ2) is 6.29. The van der Waals surface area contributed by atoms with Crippen LogP contribution in [0.2, 0.25) is 0 Å². The van der Waals surface area contributed by atoms with Gasteiger partial charge in [-0.05, 0) is 24.3 Å². The Morgan fingerprint density at radius 3 is 2.58 bits per heavy atom. The number of benzene rings is 2. The second-order valence-electron chi connectivity index (χ2n) is 4.83. The summed E-state index contributed by atoms with van der Waals surface area (Å²) in [4.78, 5) is 30.6. The Balaban J connectivity index is 1.98. The van der Waals surface area contributed by atoms with E-state index in [0.29, 0.717) is 16.8 Å². The predicted molar refractivity (Wildman–Crippen MR) is 86.1 cm³/mol. The van der Waals surface area contributed by atoms with Crippen LogP contribution in [0.4, 0.5) is 5.69 Å². The molecule has 0 saturated carbocycles. The minimum Gasteiger partial charge on any atom is -0.450 e. The average Bonchev–Trinajstić information content (AvgIpc) is 2.61. The van der Waals surface area contributed by atoms with Gasteiger partial charge in [0.15, 0.2) is 0 Å². The normalized spacial score (nSPS) is 10.4. The number of amides is 1. The van der Waals surface area contributed by atoms with Crippen molar-refractivity contribution in [3.05, 3.63) is 64.5 Å². The third-order valence-electron chi connectivity index (χ3n) is 3.31. The quantitative estimate of drug-likeness (QED) is 0.584. The van der Waals surface area contributed by atoms with Gasteiger partial charge in [0.25, 0.3) is 5.91 Å². The number of nitro groups is 1. The Labute approximate surface area is 136 Å². The lowest BCUT2D eigenvalue weighted by atomic mass is 10.1. The van der Waals surface area contributed by atoms with Gasteiger partial charge in [0.2, 0.25) is 5.75 Å². The highest BCUT2D eigenvalue weighted by atomic mass is 16.6. The monoisotopic (exact) mass is 324 g/mol. The minimum absolute atomic E-state index is 0.0379. The van der Waals surface area contributed by atoms with Gasteiger partial charge in [-0.2, -0.15) is 0 Å². The number of fused-ring (bicyclic) bond motifs is 1. The summed E-state index contributed by atoms with van der Waals surface area (Å²) < 4.78 is 5.61. The molecule has 120 valence electrons. The van der Waals surface area contributed by atoms with Crippen LogP contribution in [0.25, 0.3) is 11.0 Å². The van der Waals surface area contributed by atoms with Crippen LogP contribution in [0.15, 0.2) is 48.8 Å². The molecule has 0 aliphatic rings. The predicted octanol–water partition coefficient (Wildman–Crippen LogP) is 2.69. The van der Waals surface area contributed by atoms with Gasteiger partial charge < -0.3 is 10.1 Å². The van der Waals surface area contributed by atoms with Crippen molar-refractivity contribution in [2.75, 3.05) is 7.05 Å². The van der Waals surface area contributed by atoms with Crippen LogP contribution < -0.4 is 10.1 Å². The number of rotatable bonds is 4. The van der Waals surface area contributed by atoms with Crippen molar-refractivity contribution in [2.45, 2.75) is 0 Å². The molecule has 0 unspecified atom stereocenters. The molecule has 1 N–H and O–H groups in total. The summed E-state index contributed by atoms with van der Waals surface area (Å²) in [7, 11) is 1.45. The topological polar surface area (TPSA) is 107 Å². The van der Waals surface area contributed by atoms with Crippen LogP contribution in [-0.4, -0.2) is 27.8 Å². The number of hydrogen-bond donors (Lipinski definition) is 1. The van der Waals surface area contributed by atoms with Crippen molar-refractivity contribution >= 4 is 22.6 Å². The fourth-order valence-corrected chi connectivity index (χ4v) is 2.17. The molecule has 0 aliphatic carbocycles. The van der Waals surface area contributed by atoms with E-state index in [1.54, 1.807) is 30.6 Å². The number of carbonyl (C=O) groups is 1. The first-order valence-electron chi connectivity index (χ1n) is 6.97. The van der Waals surface area contributed by atoms with Crippen LogP contribution in [0.3, 0.4) is 0 Å². The SMILES string of the molecule is CNC(=O)c1ccc(Oc2ccc3nccnc3c2)c([N+](=O)[O-])c1. The van der Waals surface area contributed by atoms with Crippen LogP contribution in [-0.2, 0) is 0 Å². The fraction of sp³-hybridized carbons (Fsp3) is 0.0625. The maximum Gasteiger partial charge on any atom is 0.312 e. The van der Waals surface area contributed by atoms with Gasteiger partial charge in [-0.15, -0.1) is 0 Å². The van der Waals surface area contributed by atoms with E-state index in [1.165, 1.54) is 25.2 Å². The lowest BCUT2D eigenvalue weighted by Crippen LogP contribution is -2.17. The lowest BCUT2D eigenvalue weighted by molar-refractivity contribution is -0.385. The number of hydrogen-bond acceptors (Lipinski definition) is 6. The van der Waals surface area contributed by atoms with Crippen molar-refractivity contribution in [2.24, 2.45) is 0 Å². The van der Waals surface area contributed by atoms with E-state index in [0.717, 1.165) is 0 Å². The van der Waals surface area contributed by atoms with Gasteiger partial charge in [-0.3, -0.25) is 24.9 Å². The molecule has 0 aliphatic heterocycles. The molecule has 0 bridgehead atoms. The highest BCUT2D eigenvalue weighted by Crippen LogP contribution is 2.33. The smallest absolute Gasteiger partial charge is 0.312 e. The number of nitrogens with zero attached hydrogens (tertiary/aromatic N) is 3. The summed E-state index contributed by atoms with van der Waals surface area (Å²) in [5.41, 5.74) is 1.19. The first kappa shape index (κ1) is 15.3. The molecule has 1 aromatic heterocycles. The Kier molecular flexibility index (Phi) is 4.02. The third kappa shape index (κ3) is 2.98. The molecule has 24 heavy (non-hydrogen) atoms. The Morgan fingerprint density at radius 1 is 1.12 bits per heavy atom. The highest BCUT2D eigenvalue weighted by molar-refractivity contribution is 5.95. The zero-order valence-electron chi connectivity index (χ0n) is 12.6. The van der Waals surface area contributed by atoms with E-state index in [9.17, 15) is 14.9 Å². The van der Waals surface area contributed by atoms with Crippen molar-refractivity contribution in [1.82, 2.24) is 15.3 Å². The standard InChI is InChI=1S/C16H12N4O4/c1-17-16(21)10-2-5-15(14(8-10)20(22)23)24-11-3-4-12-13(9-11)19-7-6-18-12/h2-9H,1H3,(H,17,21). The third-order valence-corrected chi connectivity index (χ3v) is 3.31. The van der Waals surface area contributed by atoms with Crippen LogP contribution in [0.1, 0.15) is 10.4 Å². The summed E-state index contributed by atoms with van der Waals surface area (Å²) in [6.45, 7) is 0. The summed E-state index contributed by atoms with van der Waals surface area (Å²) in [6.07, 6.45) is 3.12. The molecule has 0 radical (unpaired) electrons. The molecule has 0 spiro atoms. The zero-order valence-corrected chi connectivity index (χ0v) is 12.6. The summed E-state index contributed by atoms with van der Waals surface area (Å²) in [6, 6.07) is 9.02. The summed E-state index contributed by atoms with van der Waals surface area (Å²) in [5.74, 6) is 0.0142. The van der Waals surface area contributed by atoms with Crippen LogP contribution in [0.5, 0.6) is 11.5 Å². The Morgan fingerprint density at radius 2 is 1.88 bits per heavy atom. The largest absolute Gasteiger partial charge is 0.450 e. The van der Waals surface area contributed by atoms with Gasteiger partial charge >= 0.3 is 5.69 Å². The second-order valence-corrected chi connectivity index (χ2v) is 4.83. The number of carbonyl (C=O) groups excluding carboxylic acids is 1. The van der Waals surface area contributed by atoms with E-state index in [1.807, 2.05) is 0 Å². The van der Waals surface area contributed by atoms with Crippen LogP contribution in [0, 0.1) is 10.1 Å². The molecule has 1 amide bonds. The molecule has 8 heteroatoms. The molecule has 3 rings (SSSR count). The number of aromatic nitrogens is 2. The molecule has 3 aromatic rings. The van der Waals surface area contributed by atoms with Crippen molar-refractivity contribution in [3.63, 3.8) is 0 Å². The first-order valence-corrected chi connectivity index (χ1v) is 6.97. The highest BCUT2D eigenvalue weighted by Gasteiger charge is 2.19. The van der Waals surface area contributed by atoms with Crippen LogP contribution >= 0.6 is 0 Å². The Bertz CT molecular complexity index is 942. The Hall–Kier alpha value is -3.55. The summed E-state index contributed by atoms with van der Waals surface area (Å²) >= 11 is 0. The van der Waals surface area contributed by atoms with E-state index in [-0.39, 0.29) is 17.0 Å². The van der Waals surface area contributed by atoms with Crippen molar-refractivity contribution in [1.29, 1.82) is 0 Å². The molecule has 2 aromatic carbocycles. The molecular formula is C16H12N4O4. The molecular weight excluding hydrogens is 312 g/mol. The average molecular weight is 324 g/mol. The van der Waals surface area contributed by atoms with Crippen molar-refractivity contribution in [3.8, 4) is 11.5 Å². The minimum atomic E-state index is -0.595. The fourth-order valence-electron chi connectivity index (χ4n) is 2.17. The van der Waals surface area contributed by atoms with E-state index in [4.69, 9.17) is 4.74 Å². The number of nitro benzene ring substituents is 1. The van der Waals surface area contributed by atoms with E-state index < -0.39 is 10.8 Å². The number of nitrogens with one attached hydrogen (secondary N) is 1. The van der Waals surface area contributed by atoms with Gasteiger partial charge in [0.1, 0.15) is 5.75 Å². The van der Waals surface area contributed by atoms with E-state index in [2.05, 4.69) is 15.3 Å². The first-order chi connectivity index (χ1) is 11.6. The van der Waals surface area contributed by atoms with Gasteiger partial charge in [0.05, 0.1) is 16.0 Å². The zero-order chi connectivity index (χ0) is 17.1. The maximum atomic E-state index is 11.6. The van der Waals surface area contributed by atoms with Gasteiger partial charge in [-0.25, -0.2) is 0 Å². The van der Waals surface area contributed by atoms with E-state index >= 15 is 0 Å². The van der Waals surface area contributed by atoms with Crippen molar-refractivity contribution < 1.29 is 14.5 Å². The maximum absolute atomic E-state index is 11.6. The molecule has 1 heterocycles. The molecule has 8 nitrogen and oxygen atoms in total.